The summed E-state index contributed by atoms with van der Waals surface area (Å²) in [5.74, 6) is 1.09. The van der Waals surface area contributed by atoms with Gasteiger partial charge >= 0.3 is 0 Å². The van der Waals surface area contributed by atoms with Crippen LogP contribution in [0.4, 0.5) is 0 Å². The molecule has 0 bridgehead atoms. The summed E-state index contributed by atoms with van der Waals surface area (Å²) in [7, 11) is 0. The van der Waals surface area contributed by atoms with Crippen LogP contribution in [-0.2, 0) is 35.7 Å². The third kappa shape index (κ3) is 6.50. The van der Waals surface area contributed by atoms with Crippen LogP contribution in [0, 0.1) is 16.9 Å². The largest absolute Gasteiger partial charge is 0.512 e. The number of para-hydroxylation sites is 2. The molecule has 0 unspecified atom stereocenters. The Morgan fingerprint density at radius 1 is 0.848 bits per heavy atom. The van der Waals surface area contributed by atoms with Crippen LogP contribution < -0.4 is 0 Å². The molecule has 1 N–H and O–H groups in total. The fourth-order valence-electron chi connectivity index (χ4n) is 6.00. The van der Waals surface area contributed by atoms with Gasteiger partial charge in [0.15, 0.2) is 5.78 Å². The predicted molar refractivity (Wildman–Crippen MR) is 187 cm³/mol. The maximum atomic E-state index is 11.5. The summed E-state index contributed by atoms with van der Waals surface area (Å²) in [5, 5.41) is 12.0. The Bertz CT molecular complexity index is 1960. The minimum atomic E-state index is -0.417. The van der Waals surface area contributed by atoms with Gasteiger partial charge in [0.25, 0.3) is 0 Å². The van der Waals surface area contributed by atoms with Gasteiger partial charge in [-0.25, -0.2) is 0 Å². The summed E-state index contributed by atoms with van der Waals surface area (Å²) in [6, 6.07) is 26.8. The number of ketones is 1. The van der Waals surface area contributed by atoms with Crippen molar-refractivity contribution in [2.75, 3.05) is 0 Å². The Morgan fingerprint density at radius 2 is 1.46 bits per heavy atom. The summed E-state index contributed by atoms with van der Waals surface area (Å²) < 4.78 is 6.38. The molecule has 3 aromatic carbocycles. The average Bonchev–Trinajstić information content (AvgIpc) is 3.45. The number of carbonyl (C=O) groups excluding carboxylic acids is 1. The average molecular weight is 793 g/mol. The number of carbonyl (C=O) groups is 1. The van der Waals surface area contributed by atoms with Gasteiger partial charge in [-0.1, -0.05) is 124 Å². The quantitative estimate of drug-likeness (QED) is 0.110. The van der Waals surface area contributed by atoms with Crippen LogP contribution in [0.1, 0.15) is 92.9 Å². The van der Waals surface area contributed by atoms with Crippen molar-refractivity contribution in [1.29, 1.82) is 0 Å². The molecule has 1 aliphatic rings. The number of pyridine rings is 1. The SMILES string of the molecule is CC(C)(C)C(=O)/C=C(\O)C(C)(C)C.CC(C)(C)c1cc(-c2[c-]ccc3c2C(C)(C)c2c-3oc3ccccc23)nc2ccccc12.[Ir]. The number of hydrogen-bond acceptors (Lipinski definition) is 4. The summed E-state index contributed by atoms with van der Waals surface area (Å²) >= 11 is 0. The Balaban J connectivity index is 0.000000295. The van der Waals surface area contributed by atoms with Gasteiger partial charge in [-0.15, -0.1) is 29.3 Å². The van der Waals surface area contributed by atoms with Gasteiger partial charge in [-0.2, -0.15) is 0 Å². The number of rotatable bonds is 2. The number of nitrogens with zero attached hydrogens (tertiary/aromatic N) is 1. The first-order valence-corrected chi connectivity index (χ1v) is 15.8. The van der Waals surface area contributed by atoms with Crippen molar-refractivity contribution in [1.82, 2.24) is 4.98 Å². The van der Waals surface area contributed by atoms with Gasteiger partial charge in [-0.3, -0.25) is 9.78 Å². The molecule has 5 aromatic rings. The van der Waals surface area contributed by atoms with E-state index in [-0.39, 0.29) is 47.9 Å². The third-order valence-corrected chi connectivity index (χ3v) is 8.64. The smallest absolute Gasteiger partial charge is 0.164 e. The minimum Gasteiger partial charge on any atom is -0.512 e. The van der Waals surface area contributed by atoms with Crippen molar-refractivity contribution in [2.45, 2.75) is 87.0 Å². The van der Waals surface area contributed by atoms with E-state index < -0.39 is 5.41 Å². The van der Waals surface area contributed by atoms with Crippen molar-refractivity contribution < 1.29 is 34.4 Å². The number of allylic oxidation sites excluding steroid dienone is 2. The molecule has 1 radical (unpaired) electrons. The molecule has 0 spiro atoms. The summed E-state index contributed by atoms with van der Waals surface area (Å²) in [6.45, 7) is 22.5. The van der Waals surface area contributed by atoms with Crippen molar-refractivity contribution in [2.24, 2.45) is 10.8 Å². The molecule has 0 saturated heterocycles. The first-order valence-electron chi connectivity index (χ1n) is 15.8. The van der Waals surface area contributed by atoms with E-state index in [1.54, 1.807) is 0 Å². The molecule has 0 fully saturated rings. The number of furan rings is 1. The van der Waals surface area contributed by atoms with Crippen molar-refractivity contribution in [3.63, 3.8) is 0 Å². The van der Waals surface area contributed by atoms with Gasteiger partial charge in [0.1, 0.15) is 17.1 Å². The van der Waals surface area contributed by atoms with E-state index in [0.717, 1.165) is 33.7 Å². The Kier molecular flexibility index (Phi) is 9.41. The Labute approximate surface area is 287 Å². The number of benzene rings is 3. The fourth-order valence-corrected chi connectivity index (χ4v) is 6.00. The van der Waals surface area contributed by atoms with E-state index >= 15 is 0 Å². The topological polar surface area (TPSA) is 63.3 Å². The maximum Gasteiger partial charge on any atom is 0.164 e. The van der Waals surface area contributed by atoms with E-state index in [4.69, 9.17) is 9.40 Å². The number of aromatic nitrogens is 1. The second-order valence-electron chi connectivity index (χ2n) is 15.8. The zero-order chi connectivity index (χ0) is 33.1. The van der Waals surface area contributed by atoms with Crippen molar-refractivity contribution in [3.8, 4) is 22.6 Å². The molecular formula is C41H46IrNO3-. The summed E-state index contributed by atoms with van der Waals surface area (Å²) in [6.07, 6.45) is 1.33. The molecular weight excluding hydrogens is 747 g/mol. The van der Waals surface area contributed by atoms with Crippen molar-refractivity contribution >= 4 is 27.7 Å². The van der Waals surface area contributed by atoms with E-state index in [1.807, 2.05) is 53.7 Å². The Morgan fingerprint density at radius 3 is 2.07 bits per heavy atom. The maximum absolute atomic E-state index is 11.5. The molecule has 1 aliphatic carbocycles. The number of fused-ring (bicyclic) bond motifs is 6. The van der Waals surface area contributed by atoms with Gasteiger partial charge in [0, 0.05) is 53.3 Å². The predicted octanol–water partition coefficient (Wildman–Crippen LogP) is 11.1. The third-order valence-electron chi connectivity index (χ3n) is 8.64. The fraction of sp³-hybridized carbons (Fsp3) is 0.366. The minimum absolute atomic E-state index is 0. The molecule has 5 heteroatoms. The monoisotopic (exact) mass is 793 g/mol. The van der Waals surface area contributed by atoms with Crippen molar-refractivity contribution in [3.05, 3.63) is 101 Å². The van der Waals surface area contributed by atoms with E-state index in [2.05, 4.69) is 95.3 Å². The van der Waals surface area contributed by atoms with Gasteiger partial charge in [-0.05, 0) is 34.2 Å². The summed E-state index contributed by atoms with van der Waals surface area (Å²) in [4.78, 5) is 16.6. The number of aliphatic hydroxyl groups excluding tert-OH is 1. The molecule has 6 rings (SSSR count). The first kappa shape index (κ1) is 35.3. The van der Waals surface area contributed by atoms with Gasteiger partial charge in [0.2, 0.25) is 0 Å². The molecule has 0 aliphatic heterocycles. The molecule has 0 amide bonds. The van der Waals surface area contributed by atoms with E-state index in [0.29, 0.717) is 0 Å². The van der Waals surface area contributed by atoms with Crippen LogP contribution in [0.25, 0.3) is 44.5 Å². The van der Waals surface area contributed by atoms with Crippen LogP contribution in [-0.4, -0.2) is 15.9 Å². The Hall–Kier alpha value is -3.53. The molecule has 4 nitrogen and oxygen atoms in total. The number of aliphatic hydroxyl groups is 1. The molecule has 2 aromatic heterocycles. The molecule has 0 saturated carbocycles. The van der Waals surface area contributed by atoms with E-state index in [1.165, 1.54) is 33.5 Å². The molecule has 2 heterocycles. The van der Waals surface area contributed by atoms with Crippen LogP contribution >= 0.6 is 0 Å². The summed E-state index contributed by atoms with van der Waals surface area (Å²) in [5.41, 5.74) is 8.04. The molecule has 0 atom stereocenters. The number of hydrogen-bond donors (Lipinski definition) is 1. The second-order valence-corrected chi connectivity index (χ2v) is 15.8. The van der Waals surface area contributed by atoms with Gasteiger partial charge < -0.3 is 9.52 Å². The first-order chi connectivity index (χ1) is 20.8. The van der Waals surface area contributed by atoms with Crippen LogP contribution in [0.2, 0.25) is 0 Å². The van der Waals surface area contributed by atoms with Gasteiger partial charge in [0.05, 0.1) is 5.52 Å². The zero-order valence-electron chi connectivity index (χ0n) is 29.0. The normalized spacial score (nSPS) is 14.3. The zero-order valence-corrected chi connectivity index (χ0v) is 31.4. The second kappa shape index (κ2) is 12.2. The molecule has 243 valence electrons. The van der Waals surface area contributed by atoms with Crippen LogP contribution in [0.3, 0.4) is 0 Å². The van der Waals surface area contributed by atoms with Crippen LogP contribution in [0.5, 0.6) is 0 Å². The standard InChI is InChI=1S/C30H26NO.C11H20O2.Ir/c1-29(2,3)22-17-24(31-23-15-8-6-11-18(22)23)19-13-10-14-21-26(19)30(4,5)27-20-12-7-9-16-25(20)32-28(21)27;1-10(2,3)8(12)7-9(13)11(4,5)6;/h6-12,14-17H,1-5H3;7,12H,1-6H3;/q-1;;/b;8-7-;. The van der Waals surface area contributed by atoms with E-state index in [9.17, 15) is 9.90 Å². The van der Waals surface area contributed by atoms with Crippen LogP contribution in [0.15, 0.2) is 83.0 Å². The molecule has 46 heavy (non-hydrogen) atoms.